The molecule has 1 fully saturated rings. The van der Waals surface area contributed by atoms with E-state index in [4.69, 9.17) is 0 Å². The van der Waals surface area contributed by atoms with Crippen molar-refractivity contribution in [3.63, 3.8) is 0 Å². The molecule has 1 heterocycles. The number of carbonyl (C=O) groups excluding carboxylic acids is 1. The minimum Gasteiger partial charge on any atom is -0.378 e. The highest BCUT2D eigenvalue weighted by Crippen LogP contribution is 2.36. The molecule has 0 radical (unpaired) electrons. The van der Waals surface area contributed by atoms with Gasteiger partial charge in [0.15, 0.2) is 0 Å². The minimum absolute atomic E-state index is 0.0561. The van der Waals surface area contributed by atoms with E-state index in [1.807, 2.05) is 0 Å². The fraction of sp³-hybridized carbons (Fsp3) is 0.278. The molecule has 0 aromatic heterocycles. The molecule has 0 aliphatic carbocycles. The summed E-state index contributed by atoms with van der Waals surface area (Å²) in [5, 5.41) is 15.1. The average molecular weight is 368 g/mol. The van der Waals surface area contributed by atoms with Gasteiger partial charge in [0.2, 0.25) is 5.91 Å². The maximum Gasteiger partial charge on any atom is 0.416 e. The van der Waals surface area contributed by atoms with E-state index in [2.05, 4.69) is 10.6 Å². The van der Waals surface area contributed by atoms with Crippen molar-refractivity contribution in [2.75, 3.05) is 11.9 Å². The minimum atomic E-state index is -4.51. The average Bonchev–Trinajstić information content (AvgIpc) is 2.98. The highest BCUT2D eigenvalue weighted by molar-refractivity contribution is 5.94. The molecule has 4 nitrogen and oxygen atoms in total. The number of benzene rings is 2. The van der Waals surface area contributed by atoms with Gasteiger partial charge in [-0.1, -0.05) is 30.3 Å². The van der Waals surface area contributed by atoms with E-state index in [-0.39, 0.29) is 17.8 Å². The summed E-state index contributed by atoms with van der Waals surface area (Å²) >= 11 is 0. The van der Waals surface area contributed by atoms with Crippen molar-refractivity contribution < 1.29 is 27.5 Å². The highest BCUT2D eigenvalue weighted by Gasteiger charge is 2.42. The molecule has 2 aromatic carbocycles. The Morgan fingerprint density at radius 3 is 2.58 bits per heavy atom. The Labute approximate surface area is 146 Å². The van der Waals surface area contributed by atoms with Gasteiger partial charge in [-0.25, -0.2) is 4.39 Å². The third-order valence-corrected chi connectivity index (χ3v) is 4.40. The van der Waals surface area contributed by atoms with Gasteiger partial charge in [0.25, 0.3) is 0 Å². The number of anilines is 1. The van der Waals surface area contributed by atoms with E-state index in [1.165, 1.54) is 36.4 Å². The molecule has 1 aliphatic rings. The van der Waals surface area contributed by atoms with Gasteiger partial charge in [-0.05, 0) is 23.8 Å². The molecule has 3 N–H and O–H groups in total. The van der Waals surface area contributed by atoms with Crippen LogP contribution in [0.4, 0.5) is 23.2 Å². The van der Waals surface area contributed by atoms with Crippen LogP contribution in [0.5, 0.6) is 0 Å². The van der Waals surface area contributed by atoms with Crippen molar-refractivity contribution in [1.29, 1.82) is 0 Å². The van der Waals surface area contributed by atoms with Crippen molar-refractivity contribution in [3.8, 4) is 0 Å². The normalized spacial score (nSPS) is 23.0. The van der Waals surface area contributed by atoms with Crippen molar-refractivity contribution in [2.24, 2.45) is 5.92 Å². The zero-order valence-corrected chi connectivity index (χ0v) is 13.4. The smallest absolute Gasteiger partial charge is 0.378 e. The molecule has 0 bridgehead atoms. The van der Waals surface area contributed by atoms with Gasteiger partial charge >= 0.3 is 6.18 Å². The first kappa shape index (κ1) is 18.3. The lowest BCUT2D eigenvalue weighted by molar-refractivity contribution is -0.137. The van der Waals surface area contributed by atoms with E-state index < -0.39 is 41.5 Å². The third-order valence-electron chi connectivity index (χ3n) is 4.40. The number of aliphatic hydroxyl groups excluding tert-OH is 1. The van der Waals surface area contributed by atoms with Gasteiger partial charge in [0, 0.05) is 12.5 Å². The summed E-state index contributed by atoms with van der Waals surface area (Å²) < 4.78 is 52.5. The van der Waals surface area contributed by atoms with E-state index >= 15 is 0 Å². The number of aliphatic hydroxyl groups is 1. The molecule has 1 aliphatic heterocycles. The standard InChI is InChI=1S/C18H16F4N2O2/c19-13-6-1-2-7-14(13)24-17(26)15-12(9-23-16(15)25)10-4-3-5-11(8-10)18(20,21)22/h1-8,12,15-16,23,25H,9H2,(H,24,26)/t12-,15-,16?/m1/s1. The van der Waals surface area contributed by atoms with Crippen LogP contribution in [0, 0.1) is 11.7 Å². The number of halogens is 4. The molecule has 1 amide bonds. The lowest BCUT2D eigenvalue weighted by atomic mass is 9.86. The van der Waals surface area contributed by atoms with Crippen molar-refractivity contribution in [3.05, 3.63) is 65.5 Å². The Hall–Kier alpha value is -2.45. The molecule has 0 saturated carbocycles. The number of nitrogens with one attached hydrogen (secondary N) is 2. The molecule has 8 heteroatoms. The van der Waals surface area contributed by atoms with Crippen molar-refractivity contribution in [2.45, 2.75) is 18.3 Å². The van der Waals surface area contributed by atoms with Crippen molar-refractivity contribution >= 4 is 11.6 Å². The van der Waals surface area contributed by atoms with Crippen LogP contribution < -0.4 is 10.6 Å². The van der Waals surface area contributed by atoms with Gasteiger partial charge in [-0.2, -0.15) is 13.2 Å². The van der Waals surface area contributed by atoms with Gasteiger partial charge < -0.3 is 10.4 Å². The van der Waals surface area contributed by atoms with E-state index in [1.54, 1.807) is 0 Å². The molecule has 3 rings (SSSR count). The SMILES string of the molecule is O=C(Nc1ccccc1F)[C@H]1C(O)NC[C@@H]1c1cccc(C(F)(F)F)c1. The van der Waals surface area contributed by atoms with Crippen LogP contribution in [0.1, 0.15) is 17.0 Å². The van der Waals surface area contributed by atoms with Crippen LogP contribution in [0.15, 0.2) is 48.5 Å². The third kappa shape index (κ3) is 3.71. The van der Waals surface area contributed by atoms with E-state index in [0.717, 1.165) is 12.1 Å². The fourth-order valence-electron chi connectivity index (χ4n) is 3.10. The lowest BCUT2D eigenvalue weighted by Crippen LogP contribution is -2.36. The summed E-state index contributed by atoms with van der Waals surface area (Å²) in [5.41, 5.74) is -0.610. The van der Waals surface area contributed by atoms with Crippen LogP contribution in [-0.4, -0.2) is 23.8 Å². The summed E-state index contributed by atoms with van der Waals surface area (Å²) in [6.07, 6.45) is -5.76. The number of hydrogen-bond donors (Lipinski definition) is 3. The number of hydrogen-bond acceptors (Lipinski definition) is 3. The predicted octanol–water partition coefficient (Wildman–Crippen LogP) is 3.10. The summed E-state index contributed by atoms with van der Waals surface area (Å²) in [5.74, 6) is -3.05. The Kier molecular flexibility index (Phi) is 4.97. The van der Waals surface area contributed by atoms with Crippen LogP contribution in [-0.2, 0) is 11.0 Å². The van der Waals surface area contributed by atoms with Gasteiger partial charge in [-0.15, -0.1) is 0 Å². The first-order valence-electron chi connectivity index (χ1n) is 7.91. The molecule has 26 heavy (non-hydrogen) atoms. The van der Waals surface area contributed by atoms with Gasteiger partial charge in [0.05, 0.1) is 17.2 Å². The maximum absolute atomic E-state index is 13.7. The monoisotopic (exact) mass is 368 g/mol. The number of alkyl halides is 3. The summed E-state index contributed by atoms with van der Waals surface area (Å²) in [6.45, 7) is 0.123. The van der Waals surface area contributed by atoms with Crippen molar-refractivity contribution in [1.82, 2.24) is 5.32 Å². The Morgan fingerprint density at radius 2 is 1.88 bits per heavy atom. The van der Waals surface area contributed by atoms with Crippen LogP contribution >= 0.6 is 0 Å². The number of rotatable bonds is 3. The molecular weight excluding hydrogens is 352 g/mol. The highest BCUT2D eigenvalue weighted by atomic mass is 19.4. The largest absolute Gasteiger partial charge is 0.416 e. The Bertz CT molecular complexity index is 810. The van der Waals surface area contributed by atoms with Gasteiger partial charge in [0.1, 0.15) is 12.0 Å². The second-order valence-electron chi connectivity index (χ2n) is 6.08. The number of amides is 1. The lowest BCUT2D eigenvalue weighted by Gasteiger charge is -2.21. The molecule has 3 atom stereocenters. The molecule has 1 unspecified atom stereocenters. The predicted molar refractivity (Wildman–Crippen MR) is 86.7 cm³/mol. The second-order valence-corrected chi connectivity index (χ2v) is 6.08. The number of para-hydroxylation sites is 1. The summed E-state index contributed by atoms with van der Waals surface area (Å²) in [7, 11) is 0. The molecular formula is C18H16F4N2O2. The Morgan fingerprint density at radius 1 is 1.15 bits per heavy atom. The molecule has 1 saturated heterocycles. The van der Waals surface area contributed by atoms with Gasteiger partial charge in [-0.3, -0.25) is 10.1 Å². The maximum atomic E-state index is 13.7. The van der Waals surface area contributed by atoms with Crippen LogP contribution in [0.3, 0.4) is 0 Å². The first-order valence-corrected chi connectivity index (χ1v) is 7.91. The van der Waals surface area contributed by atoms with Crippen LogP contribution in [0.25, 0.3) is 0 Å². The first-order chi connectivity index (χ1) is 12.3. The van der Waals surface area contributed by atoms with E-state index in [0.29, 0.717) is 0 Å². The quantitative estimate of drug-likeness (QED) is 0.730. The zero-order valence-electron chi connectivity index (χ0n) is 13.4. The summed E-state index contributed by atoms with van der Waals surface area (Å²) in [4.78, 5) is 12.5. The topological polar surface area (TPSA) is 61.4 Å². The molecule has 138 valence electrons. The number of carbonyl (C=O) groups is 1. The fourth-order valence-corrected chi connectivity index (χ4v) is 3.10. The summed E-state index contributed by atoms with van der Waals surface area (Å²) in [6, 6.07) is 10.2. The molecule has 2 aromatic rings. The van der Waals surface area contributed by atoms with Crippen LogP contribution in [0.2, 0.25) is 0 Å². The molecule has 0 spiro atoms. The second kappa shape index (κ2) is 7.05. The Balaban J connectivity index is 1.86. The van der Waals surface area contributed by atoms with E-state index in [9.17, 15) is 27.5 Å². The zero-order chi connectivity index (χ0) is 18.9.